The van der Waals surface area contributed by atoms with Gasteiger partial charge in [-0.3, -0.25) is 15.0 Å². The largest absolute Gasteiger partial charge is 0.419 e. The first-order valence-corrected chi connectivity index (χ1v) is 9.39. The molecule has 0 aliphatic carbocycles. The zero-order valence-corrected chi connectivity index (χ0v) is 15.9. The van der Waals surface area contributed by atoms with E-state index in [1.807, 2.05) is 25.1 Å². The number of hydrogen-bond donors (Lipinski definition) is 2. The van der Waals surface area contributed by atoms with Crippen LogP contribution in [0.3, 0.4) is 0 Å². The molecule has 0 spiro atoms. The number of nitrogens with one attached hydrogen (secondary N) is 2. The summed E-state index contributed by atoms with van der Waals surface area (Å²) in [7, 11) is 0. The van der Waals surface area contributed by atoms with Gasteiger partial charge < -0.3 is 15.5 Å². The smallest absolute Gasteiger partial charge is 0.378 e. The summed E-state index contributed by atoms with van der Waals surface area (Å²) in [6, 6.07) is 5.72. The molecule has 1 aliphatic rings. The van der Waals surface area contributed by atoms with Crippen molar-refractivity contribution in [3.05, 3.63) is 54.1 Å². The predicted molar refractivity (Wildman–Crippen MR) is 106 cm³/mol. The predicted octanol–water partition coefficient (Wildman–Crippen LogP) is 3.45. The van der Waals surface area contributed by atoms with Crippen LogP contribution in [-0.2, 0) is 12.7 Å². The molecule has 1 saturated heterocycles. The Morgan fingerprint density at radius 3 is 2.72 bits per heavy atom. The third-order valence-electron chi connectivity index (χ3n) is 4.92. The maximum Gasteiger partial charge on any atom is 0.419 e. The van der Waals surface area contributed by atoms with E-state index in [-0.39, 0.29) is 11.7 Å². The lowest BCUT2D eigenvalue weighted by Gasteiger charge is -2.36. The minimum absolute atomic E-state index is 0.102. The Morgan fingerprint density at radius 1 is 1.17 bits per heavy atom. The highest BCUT2D eigenvalue weighted by molar-refractivity contribution is 5.76. The quantitative estimate of drug-likeness (QED) is 0.697. The van der Waals surface area contributed by atoms with E-state index in [1.54, 1.807) is 17.3 Å². The third kappa shape index (κ3) is 4.24. The minimum Gasteiger partial charge on any atom is -0.378 e. The first kappa shape index (κ1) is 19.4. The number of pyridine rings is 1. The second-order valence-electron chi connectivity index (χ2n) is 7.12. The molecule has 0 amide bonds. The summed E-state index contributed by atoms with van der Waals surface area (Å²) in [6.45, 7) is 3.93. The molecule has 9 heteroatoms. The highest BCUT2D eigenvalue weighted by Crippen LogP contribution is 2.40. The minimum atomic E-state index is -4.48. The fourth-order valence-corrected chi connectivity index (χ4v) is 3.58. The molecule has 2 N–H and O–H groups in total. The zero-order chi connectivity index (χ0) is 20.4. The molecule has 3 aromatic rings. The maximum atomic E-state index is 13.7. The van der Waals surface area contributed by atoms with Crippen LogP contribution < -0.4 is 15.5 Å². The molecule has 1 aromatic carbocycles. The van der Waals surface area contributed by atoms with Gasteiger partial charge in [-0.25, -0.2) is 0 Å². The topological polar surface area (TPSA) is 66.0 Å². The monoisotopic (exact) mass is 402 g/mol. The van der Waals surface area contributed by atoms with Crippen LogP contribution >= 0.6 is 0 Å². The van der Waals surface area contributed by atoms with Crippen LogP contribution in [0.15, 0.2) is 43.0 Å². The van der Waals surface area contributed by atoms with E-state index in [9.17, 15) is 13.2 Å². The molecule has 0 unspecified atom stereocenters. The molecule has 6 nitrogen and oxygen atoms in total. The molecule has 3 heterocycles. The van der Waals surface area contributed by atoms with Gasteiger partial charge in [0.05, 0.1) is 34.2 Å². The highest BCUT2D eigenvalue weighted by atomic mass is 19.4. The fourth-order valence-electron chi connectivity index (χ4n) is 3.58. The van der Waals surface area contributed by atoms with Gasteiger partial charge in [0.1, 0.15) is 0 Å². The van der Waals surface area contributed by atoms with Gasteiger partial charge in [-0.05, 0) is 24.6 Å². The van der Waals surface area contributed by atoms with Crippen LogP contribution in [0.25, 0.3) is 11.0 Å². The summed E-state index contributed by atoms with van der Waals surface area (Å²) in [4.78, 5) is 14.1. The lowest BCUT2D eigenvalue weighted by molar-refractivity contribution is -0.137. The summed E-state index contributed by atoms with van der Waals surface area (Å²) in [5, 5.41) is 6.41. The molecule has 0 bridgehead atoms. The Morgan fingerprint density at radius 2 is 1.97 bits per heavy atom. The van der Waals surface area contributed by atoms with Crippen molar-refractivity contribution in [1.29, 1.82) is 0 Å². The number of alkyl halides is 3. The van der Waals surface area contributed by atoms with E-state index in [2.05, 4.69) is 25.6 Å². The lowest BCUT2D eigenvalue weighted by Crippen LogP contribution is -2.50. The molecular formula is C20H21F3N6. The summed E-state index contributed by atoms with van der Waals surface area (Å²) in [6.07, 6.45) is 1.11. The van der Waals surface area contributed by atoms with Crippen LogP contribution in [0.1, 0.15) is 18.1 Å². The van der Waals surface area contributed by atoms with Gasteiger partial charge in [-0.1, -0.05) is 6.07 Å². The summed E-state index contributed by atoms with van der Waals surface area (Å²) in [5.41, 5.74) is 2.21. The van der Waals surface area contributed by atoms with Crippen LogP contribution in [-0.4, -0.2) is 40.6 Å². The first-order valence-electron chi connectivity index (χ1n) is 9.39. The Kier molecular flexibility index (Phi) is 5.23. The van der Waals surface area contributed by atoms with Crippen LogP contribution in [0.2, 0.25) is 0 Å². The SMILES string of the molecule is C[C@H]1CN(c2c(NCc3ccc4nccnc4c3)cncc2C(F)(F)F)CCN1. The van der Waals surface area contributed by atoms with Crippen LogP contribution in [0, 0.1) is 0 Å². The van der Waals surface area contributed by atoms with Crippen LogP contribution in [0.5, 0.6) is 0 Å². The van der Waals surface area contributed by atoms with Gasteiger partial charge in [0.25, 0.3) is 0 Å². The number of anilines is 2. The molecule has 1 aliphatic heterocycles. The van der Waals surface area contributed by atoms with Crippen molar-refractivity contribution < 1.29 is 13.2 Å². The molecule has 29 heavy (non-hydrogen) atoms. The number of benzene rings is 1. The van der Waals surface area contributed by atoms with Crippen molar-refractivity contribution in [3.8, 4) is 0 Å². The van der Waals surface area contributed by atoms with Gasteiger partial charge in [0, 0.05) is 50.8 Å². The molecule has 0 saturated carbocycles. The van der Waals surface area contributed by atoms with Gasteiger partial charge in [0.2, 0.25) is 0 Å². The lowest BCUT2D eigenvalue weighted by atomic mass is 10.1. The van der Waals surface area contributed by atoms with E-state index in [0.717, 1.165) is 22.8 Å². The number of nitrogens with zero attached hydrogens (tertiary/aromatic N) is 4. The van der Waals surface area contributed by atoms with Gasteiger partial charge in [-0.15, -0.1) is 0 Å². The van der Waals surface area contributed by atoms with E-state index in [1.165, 1.54) is 6.20 Å². The molecule has 4 rings (SSSR count). The van der Waals surface area contributed by atoms with Crippen molar-refractivity contribution in [2.75, 3.05) is 29.9 Å². The molecule has 0 radical (unpaired) electrons. The third-order valence-corrected chi connectivity index (χ3v) is 4.92. The Labute approximate surface area is 166 Å². The molecular weight excluding hydrogens is 381 g/mol. The van der Waals surface area contributed by atoms with Gasteiger partial charge in [-0.2, -0.15) is 13.2 Å². The summed E-state index contributed by atoms with van der Waals surface area (Å²) < 4.78 is 41.1. The Bertz CT molecular complexity index is 1010. The van der Waals surface area contributed by atoms with Crippen molar-refractivity contribution in [2.45, 2.75) is 25.7 Å². The van der Waals surface area contributed by atoms with E-state index >= 15 is 0 Å². The molecule has 1 atom stereocenters. The first-order chi connectivity index (χ1) is 13.9. The number of fused-ring (bicyclic) bond motifs is 1. The van der Waals surface area contributed by atoms with E-state index in [4.69, 9.17) is 0 Å². The summed E-state index contributed by atoms with van der Waals surface area (Å²) in [5.74, 6) is 0. The van der Waals surface area contributed by atoms with Gasteiger partial charge in [0.15, 0.2) is 0 Å². The van der Waals surface area contributed by atoms with Crippen molar-refractivity contribution >= 4 is 22.4 Å². The van der Waals surface area contributed by atoms with Crippen molar-refractivity contribution in [3.63, 3.8) is 0 Å². The number of piperazine rings is 1. The van der Waals surface area contributed by atoms with E-state index < -0.39 is 11.7 Å². The standard InChI is InChI=1S/C20H21F3N6/c1-13-12-29(7-6-25-13)19-15(20(21,22)23)10-24-11-18(19)28-9-14-2-3-16-17(8-14)27-5-4-26-16/h2-5,8,10-11,13,25,28H,6-7,9,12H2,1H3/t13-/m0/s1. The van der Waals surface area contributed by atoms with Crippen LogP contribution in [0.4, 0.5) is 24.5 Å². The molecule has 152 valence electrons. The molecule has 2 aromatic heterocycles. The molecule has 1 fully saturated rings. The Balaban J connectivity index is 1.65. The van der Waals surface area contributed by atoms with Crippen molar-refractivity contribution in [2.24, 2.45) is 0 Å². The normalized spacial score (nSPS) is 17.5. The Hall–Kier alpha value is -2.94. The van der Waals surface area contributed by atoms with E-state index in [0.29, 0.717) is 31.9 Å². The fraction of sp³-hybridized carbons (Fsp3) is 0.350. The van der Waals surface area contributed by atoms with Crippen molar-refractivity contribution in [1.82, 2.24) is 20.3 Å². The average molecular weight is 402 g/mol. The second-order valence-corrected chi connectivity index (χ2v) is 7.12. The summed E-state index contributed by atoms with van der Waals surface area (Å²) >= 11 is 0. The number of aromatic nitrogens is 3. The average Bonchev–Trinajstić information content (AvgIpc) is 2.71. The number of halogens is 3. The zero-order valence-electron chi connectivity index (χ0n) is 15.9. The second kappa shape index (κ2) is 7.82. The number of hydrogen-bond acceptors (Lipinski definition) is 6. The van der Waals surface area contributed by atoms with Gasteiger partial charge >= 0.3 is 6.18 Å². The highest BCUT2D eigenvalue weighted by Gasteiger charge is 2.37. The number of rotatable bonds is 4. The maximum absolute atomic E-state index is 13.7.